The number of hydrogen-bond acceptors (Lipinski definition) is 4. The monoisotopic (exact) mass is 318 g/mol. The maximum atomic E-state index is 11.8. The Morgan fingerprint density at radius 1 is 1.41 bits per heavy atom. The zero-order chi connectivity index (χ0) is 16.2. The number of carbonyl (C=O) groups excluding carboxylic acids is 2. The molecule has 0 spiro atoms. The lowest BCUT2D eigenvalue weighted by molar-refractivity contribution is -0.173. The van der Waals surface area contributed by atoms with Gasteiger partial charge >= 0.3 is 6.18 Å². The molecule has 1 aliphatic rings. The number of halogens is 3. The summed E-state index contributed by atoms with van der Waals surface area (Å²) in [6, 6.07) is 4.43. The van der Waals surface area contributed by atoms with Crippen LogP contribution in [-0.2, 0) is 9.53 Å². The van der Waals surface area contributed by atoms with Crippen molar-refractivity contribution in [1.29, 1.82) is 0 Å². The van der Waals surface area contributed by atoms with Crippen LogP contribution in [0.15, 0.2) is 18.2 Å². The van der Waals surface area contributed by atoms with E-state index in [0.717, 1.165) is 0 Å². The van der Waals surface area contributed by atoms with Gasteiger partial charge in [0.25, 0.3) is 11.8 Å². The summed E-state index contributed by atoms with van der Waals surface area (Å²) in [6.45, 7) is -1.79. The van der Waals surface area contributed by atoms with Crippen LogP contribution in [0.2, 0.25) is 0 Å². The molecule has 0 fully saturated rings. The predicted molar refractivity (Wildman–Crippen MR) is 69.8 cm³/mol. The highest BCUT2D eigenvalue weighted by atomic mass is 19.4. The number of anilines is 1. The molecule has 0 aliphatic carbocycles. The van der Waals surface area contributed by atoms with Crippen molar-refractivity contribution in [1.82, 2.24) is 5.32 Å². The van der Waals surface area contributed by atoms with Crippen molar-refractivity contribution in [3.8, 4) is 5.75 Å². The van der Waals surface area contributed by atoms with Gasteiger partial charge in [-0.1, -0.05) is 0 Å². The van der Waals surface area contributed by atoms with Gasteiger partial charge in [0.1, 0.15) is 12.4 Å². The summed E-state index contributed by atoms with van der Waals surface area (Å²) < 4.78 is 45.1. The molecule has 0 atom stereocenters. The van der Waals surface area contributed by atoms with Crippen molar-refractivity contribution in [2.75, 3.05) is 31.7 Å². The fourth-order valence-corrected chi connectivity index (χ4v) is 1.74. The number of benzene rings is 1. The maximum Gasteiger partial charge on any atom is 0.411 e. The van der Waals surface area contributed by atoms with E-state index < -0.39 is 18.7 Å². The van der Waals surface area contributed by atoms with E-state index in [2.05, 4.69) is 15.4 Å². The van der Waals surface area contributed by atoms with Crippen LogP contribution < -0.4 is 15.4 Å². The first-order valence-electron chi connectivity index (χ1n) is 6.34. The van der Waals surface area contributed by atoms with E-state index in [1.54, 1.807) is 0 Å². The quantitative estimate of drug-likeness (QED) is 0.803. The van der Waals surface area contributed by atoms with Crippen LogP contribution in [0.1, 0.15) is 10.4 Å². The van der Waals surface area contributed by atoms with Gasteiger partial charge in [-0.15, -0.1) is 0 Å². The minimum absolute atomic E-state index is 0.0520. The molecule has 9 heteroatoms. The maximum absolute atomic E-state index is 11.8. The van der Waals surface area contributed by atoms with Crippen LogP contribution in [0.25, 0.3) is 0 Å². The molecular weight excluding hydrogens is 305 g/mol. The van der Waals surface area contributed by atoms with Gasteiger partial charge in [0.05, 0.1) is 12.3 Å². The lowest BCUT2D eigenvalue weighted by Crippen LogP contribution is -2.29. The molecule has 0 saturated carbocycles. The van der Waals surface area contributed by atoms with E-state index in [1.807, 2.05) is 0 Å². The lowest BCUT2D eigenvalue weighted by Gasteiger charge is -2.18. The Hall–Kier alpha value is -2.29. The summed E-state index contributed by atoms with van der Waals surface area (Å²) >= 11 is 0. The van der Waals surface area contributed by atoms with Gasteiger partial charge < -0.3 is 20.1 Å². The number of carbonyl (C=O) groups is 2. The second-order valence-electron chi connectivity index (χ2n) is 4.47. The Kier molecular flexibility index (Phi) is 4.86. The summed E-state index contributed by atoms with van der Waals surface area (Å²) in [4.78, 5) is 22.9. The zero-order valence-corrected chi connectivity index (χ0v) is 11.3. The Morgan fingerprint density at radius 2 is 2.18 bits per heavy atom. The molecule has 22 heavy (non-hydrogen) atoms. The van der Waals surface area contributed by atoms with Gasteiger partial charge in [0.2, 0.25) is 0 Å². The van der Waals surface area contributed by atoms with Crippen LogP contribution in [-0.4, -0.2) is 44.4 Å². The van der Waals surface area contributed by atoms with Crippen molar-refractivity contribution in [3.05, 3.63) is 23.8 Å². The third-order valence-electron chi connectivity index (χ3n) is 2.67. The first kappa shape index (κ1) is 16.1. The number of rotatable bonds is 5. The number of ether oxygens (including phenoxy) is 2. The third-order valence-corrected chi connectivity index (χ3v) is 2.67. The minimum Gasteiger partial charge on any atom is -0.482 e. The summed E-state index contributed by atoms with van der Waals surface area (Å²) in [5.74, 6) is -0.397. The fourth-order valence-electron chi connectivity index (χ4n) is 1.74. The number of alkyl halides is 3. The number of nitrogens with one attached hydrogen (secondary N) is 2. The molecule has 1 heterocycles. The van der Waals surface area contributed by atoms with Crippen LogP contribution >= 0.6 is 0 Å². The van der Waals surface area contributed by atoms with Gasteiger partial charge in [-0.05, 0) is 18.2 Å². The second kappa shape index (κ2) is 6.65. The second-order valence-corrected chi connectivity index (χ2v) is 4.47. The van der Waals surface area contributed by atoms with E-state index in [1.165, 1.54) is 18.2 Å². The first-order valence-corrected chi connectivity index (χ1v) is 6.34. The smallest absolute Gasteiger partial charge is 0.411 e. The van der Waals surface area contributed by atoms with Gasteiger partial charge in [-0.25, -0.2) is 0 Å². The molecule has 1 aliphatic heterocycles. The predicted octanol–water partition coefficient (Wildman–Crippen LogP) is 1.33. The average Bonchev–Trinajstić information content (AvgIpc) is 2.45. The molecule has 1 aromatic rings. The van der Waals surface area contributed by atoms with Crippen molar-refractivity contribution in [3.63, 3.8) is 0 Å². The van der Waals surface area contributed by atoms with Crippen LogP contribution in [0.4, 0.5) is 18.9 Å². The van der Waals surface area contributed by atoms with Crippen LogP contribution in [0.5, 0.6) is 5.75 Å². The third kappa shape index (κ3) is 4.62. The van der Waals surface area contributed by atoms with Crippen LogP contribution in [0.3, 0.4) is 0 Å². The lowest BCUT2D eigenvalue weighted by atomic mass is 10.1. The molecule has 1 aromatic carbocycles. The molecule has 6 nitrogen and oxygen atoms in total. The Labute approximate surface area is 123 Å². The molecule has 0 bridgehead atoms. The molecule has 0 unspecified atom stereocenters. The summed E-state index contributed by atoms with van der Waals surface area (Å²) in [6.07, 6.45) is -4.38. The van der Waals surface area contributed by atoms with Crippen LogP contribution in [0, 0.1) is 0 Å². The van der Waals surface area contributed by atoms with E-state index >= 15 is 0 Å². The summed E-state index contributed by atoms with van der Waals surface area (Å²) in [7, 11) is 0. The Morgan fingerprint density at radius 3 is 2.91 bits per heavy atom. The number of fused-ring (bicyclic) bond motifs is 1. The molecular formula is C13H13F3N2O4. The van der Waals surface area contributed by atoms with Crippen molar-refractivity contribution >= 4 is 17.5 Å². The molecule has 0 aromatic heterocycles. The van der Waals surface area contributed by atoms with Crippen molar-refractivity contribution in [2.45, 2.75) is 6.18 Å². The first-order chi connectivity index (χ1) is 10.3. The van der Waals surface area contributed by atoms with Gasteiger partial charge in [-0.3, -0.25) is 9.59 Å². The van der Waals surface area contributed by atoms with Gasteiger partial charge in [0, 0.05) is 12.1 Å². The highest BCUT2D eigenvalue weighted by Crippen LogP contribution is 2.28. The van der Waals surface area contributed by atoms with E-state index in [0.29, 0.717) is 11.4 Å². The van der Waals surface area contributed by atoms with E-state index in [9.17, 15) is 22.8 Å². The van der Waals surface area contributed by atoms with E-state index in [-0.39, 0.29) is 31.2 Å². The van der Waals surface area contributed by atoms with Gasteiger partial charge in [0.15, 0.2) is 6.61 Å². The Bertz CT molecular complexity index is 575. The molecule has 2 amide bonds. The standard InChI is InChI=1S/C13H13F3N2O4/c14-13(15,16)7-21-4-3-17-12(20)8-1-2-9-10(5-8)22-6-11(19)18-9/h1-2,5H,3-4,6-7H2,(H,17,20)(H,18,19). The highest BCUT2D eigenvalue weighted by molar-refractivity contribution is 5.98. The Balaban J connectivity index is 1.82. The highest BCUT2D eigenvalue weighted by Gasteiger charge is 2.27. The molecule has 120 valence electrons. The van der Waals surface area contributed by atoms with Gasteiger partial charge in [-0.2, -0.15) is 13.2 Å². The summed E-state index contributed by atoms with van der Waals surface area (Å²) in [5, 5.41) is 5.00. The normalized spacial score (nSPS) is 13.9. The summed E-state index contributed by atoms with van der Waals surface area (Å²) in [5.41, 5.74) is 0.729. The molecule has 2 N–H and O–H groups in total. The zero-order valence-electron chi connectivity index (χ0n) is 11.3. The van der Waals surface area contributed by atoms with Crippen molar-refractivity contribution < 1.29 is 32.2 Å². The average molecular weight is 318 g/mol. The largest absolute Gasteiger partial charge is 0.482 e. The molecule has 0 saturated heterocycles. The number of amides is 2. The SMILES string of the molecule is O=C1COc2cc(C(=O)NCCOCC(F)(F)F)ccc2N1. The molecule has 0 radical (unpaired) electrons. The topological polar surface area (TPSA) is 76.7 Å². The fraction of sp³-hybridized carbons (Fsp3) is 0.385. The van der Waals surface area contributed by atoms with Crippen molar-refractivity contribution in [2.24, 2.45) is 0 Å². The minimum atomic E-state index is -4.38. The molecule has 2 rings (SSSR count). The number of hydrogen-bond donors (Lipinski definition) is 2. The van der Waals surface area contributed by atoms with E-state index in [4.69, 9.17) is 4.74 Å².